The Kier molecular flexibility index (Phi) is 8.29. The molecule has 0 aromatic carbocycles. The Morgan fingerprint density at radius 2 is 1.96 bits per heavy atom. The summed E-state index contributed by atoms with van der Waals surface area (Å²) in [6.07, 6.45) is 2.31. The van der Waals surface area contributed by atoms with Crippen LogP contribution in [0.1, 0.15) is 33.6 Å². The van der Waals surface area contributed by atoms with Crippen LogP contribution in [0.15, 0.2) is 0 Å². The summed E-state index contributed by atoms with van der Waals surface area (Å²) in [5, 5.41) is 3.08. The molecule has 0 spiro atoms. The molecule has 0 bridgehead atoms. The van der Waals surface area contributed by atoms with E-state index in [9.17, 15) is 4.79 Å². The molecule has 0 unspecified atom stereocenters. The molecule has 2 saturated heterocycles. The molecule has 0 aromatic rings. The van der Waals surface area contributed by atoms with Gasteiger partial charge in [0, 0.05) is 39.3 Å². The lowest BCUT2D eigenvalue weighted by Crippen LogP contribution is -2.51. The van der Waals surface area contributed by atoms with E-state index in [1.165, 1.54) is 6.42 Å². The van der Waals surface area contributed by atoms with Gasteiger partial charge in [0.1, 0.15) is 0 Å². The molecule has 0 radical (unpaired) electrons. The van der Waals surface area contributed by atoms with Crippen LogP contribution < -0.4 is 5.32 Å². The van der Waals surface area contributed by atoms with Crippen LogP contribution in [0.3, 0.4) is 0 Å². The molecule has 2 fully saturated rings. The fourth-order valence-corrected chi connectivity index (χ4v) is 3.37. The highest BCUT2D eigenvalue weighted by Gasteiger charge is 2.26. The molecule has 0 aromatic heterocycles. The molecule has 24 heavy (non-hydrogen) atoms. The largest absolute Gasteiger partial charge is 0.379 e. The van der Waals surface area contributed by atoms with Crippen molar-refractivity contribution in [2.75, 3.05) is 59.2 Å². The Labute approximate surface area is 146 Å². The summed E-state index contributed by atoms with van der Waals surface area (Å²) >= 11 is 0. The van der Waals surface area contributed by atoms with E-state index in [0.29, 0.717) is 18.4 Å². The van der Waals surface area contributed by atoms with Crippen molar-refractivity contribution in [3.8, 4) is 0 Å². The smallest absolute Gasteiger partial charge is 0.317 e. The lowest BCUT2D eigenvalue weighted by molar-refractivity contribution is 0.0247. The first-order valence-corrected chi connectivity index (χ1v) is 9.48. The number of amides is 2. The topological polar surface area (TPSA) is 54.0 Å². The number of urea groups is 1. The fraction of sp³-hybridized carbons (Fsp3) is 0.944. The Hall–Kier alpha value is -0.850. The first kappa shape index (κ1) is 19.5. The molecule has 0 aliphatic carbocycles. The second-order valence-corrected chi connectivity index (χ2v) is 7.65. The second-order valence-electron chi connectivity index (χ2n) is 7.65. The van der Waals surface area contributed by atoms with E-state index in [1.807, 2.05) is 11.8 Å². The standard InChI is InChI=1S/C18H35N3O3/c1-15(2)13-24-14-16(3)19-18(22)21-6-4-5-17(12-21)11-20-7-9-23-10-8-20/h15-17H,4-14H2,1-3H3,(H,19,22)/t16-,17+/m1/s1. The molecule has 2 rings (SSSR count). The SMILES string of the molecule is CC(C)COC[C@@H](C)NC(=O)N1CCC[C@@H](CN2CCOCC2)C1. The van der Waals surface area contributed by atoms with Crippen LogP contribution in [0.2, 0.25) is 0 Å². The summed E-state index contributed by atoms with van der Waals surface area (Å²) in [4.78, 5) is 16.9. The van der Waals surface area contributed by atoms with E-state index < -0.39 is 0 Å². The molecule has 6 heteroatoms. The van der Waals surface area contributed by atoms with Crippen molar-refractivity contribution in [2.45, 2.75) is 39.7 Å². The average Bonchev–Trinajstić information content (AvgIpc) is 2.55. The third-order valence-electron chi connectivity index (χ3n) is 4.62. The van der Waals surface area contributed by atoms with Crippen LogP contribution in [0, 0.1) is 11.8 Å². The molecule has 2 aliphatic heterocycles. The minimum Gasteiger partial charge on any atom is -0.379 e. The van der Waals surface area contributed by atoms with Crippen LogP contribution in [0.25, 0.3) is 0 Å². The number of likely N-dealkylation sites (tertiary alicyclic amines) is 1. The van der Waals surface area contributed by atoms with Crippen molar-refractivity contribution in [3.63, 3.8) is 0 Å². The zero-order valence-corrected chi connectivity index (χ0v) is 15.6. The number of ether oxygens (including phenoxy) is 2. The predicted octanol–water partition coefficient (Wildman–Crippen LogP) is 1.80. The molecule has 0 saturated carbocycles. The maximum Gasteiger partial charge on any atom is 0.317 e. The van der Waals surface area contributed by atoms with E-state index >= 15 is 0 Å². The maximum absolute atomic E-state index is 12.5. The molecule has 2 amide bonds. The van der Waals surface area contributed by atoms with Gasteiger partial charge in [0.05, 0.1) is 25.9 Å². The number of piperidine rings is 1. The van der Waals surface area contributed by atoms with Crippen LogP contribution in [0.4, 0.5) is 4.79 Å². The monoisotopic (exact) mass is 341 g/mol. The quantitative estimate of drug-likeness (QED) is 0.767. The van der Waals surface area contributed by atoms with Gasteiger partial charge in [0.25, 0.3) is 0 Å². The van der Waals surface area contributed by atoms with Gasteiger partial charge in [0.15, 0.2) is 0 Å². The highest BCUT2D eigenvalue weighted by molar-refractivity contribution is 5.74. The Morgan fingerprint density at radius 1 is 1.21 bits per heavy atom. The van der Waals surface area contributed by atoms with Crippen LogP contribution >= 0.6 is 0 Å². The molecule has 2 aliphatic rings. The third-order valence-corrected chi connectivity index (χ3v) is 4.62. The van der Waals surface area contributed by atoms with E-state index in [-0.39, 0.29) is 12.1 Å². The van der Waals surface area contributed by atoms with Gasteiger partial charge in [-0.05, 0) is 31.6 Å². The van der Waals surface area contributed by atoms with Crippen LogP contribution in [0.5, 0.6) is 0 Å². The van der Waals surface area contributed by atoms with Gasteiger partial charge in [-0.25, -0.2) is 4.79 Å². The van der Waals surface area contributed by atoms with E-state index in [1.54, 1.807) is 0 Å². The Bertz CT molecular complexity index is 373. The van der Waals surface area contributed by atoms with Crippen molar-refractivity contribution in [3.05, 3.63) is 0 Å². The predicted molar refractivity (Wildman–Crippen MR) is 95.2 cm³/mol. The molecular weight excluding hydrogens is 306 g/mol. The van der Waals surface area contributed by atoms with Crippen molar-refractivity contribution < 1.29 is 14.3 Å². The molecule has 140 valence electrons. The minimum absolute atomic E-state index is 0.0517. The van der Waals surface area contributed by atoms with Gasteiger partial charge in [-0.1, -0.05) is 13.8 Å². The highest BCUT2D eigenvalue weighted by atomic mass is 16.5. The zero-order chi connectivity index (χ0) is 17.4. The van der Waals surface area contributed by atoms with Gasteiger partial charge < -0.3 is 19.7 Å². The average molecular weight is 341 g/mol. The number of nitrogens with one attached hydrogen (secondary N) is 1. The number of nitrogens with zero attached hydrogens (tertiary/aromatic N) is 2. The number of carbonyl (C=O) groups excluding carboxylic acids is 1. The van der Waals surface area contributed by atoms with E-state index in [0.717, 1.165) is 59.0 Å². The lowest BCUT2D eigenvalue weighted by atomic mass is 9.97. The number of hydrogen-bond donors (Lipinski definition) is 1. The first-order chi connectivity index (χ1) is 11.5. The van der Waals surface area contributed by atoms with Gasteiger partial charge >= 0.3 is 6.03 Å². The Balaban J connectivity index is 1.69. The van der Waals surface area contributed by atoms with Crippen molar-refractivity contribution >= 4 is 6.03 Å². The van der Waals surface area contributed by atoms with Crippen molar-refractivity contribution in [1.82, 2.24) is 15.1 Å². The number of hydrogen-bond acceptors (Lipinski definition) is 4. The first-order valence-electron chi connectivity index (χ1n) is 9.48. The normalized spacial score (nSPS) is 24.2. The van der Waals surface area contributed by atoms with Gasteiger partial charge in [-0.3, -0.25) is 4.90 Å². The number of carbonyl (C=O) groups is 1. The Morgan fingerprint density at radius 3 is 2.67 bits per heavy atom. The molecule has 1 N–H and O–H groups in total. The van der Waals surface area contributed by atoms with Gasteiger partial charge in [-0.2, -0.15) is 0 Å². The molecule has 2 heterocycles. The van der Waals surface area contributed by atoms with Gasteiger partial charge in [0.2, 0.25) is 0 Å². The second kappa shape index (κ2) is 10.2. The summed E-state index contributed by atoms with van der Waals surface area (Å²) < 4.78 is 11.0. The van der Waals surface area contributed by atoms with E-state index in [4.69, 9.17) is 9.47 Å². The third kappa shape index (κ3) is 6.95. The summed E-state index contributed by atoms with van der Waals surface area (Å²) in [6, 6.07) is 0.109. The summed E-state index contributed by atoms with van der Waals surface area (Å²) in [5.41, 5.74) is 0. The van der Waals surface area contributed by atoms with Crippen molar-refractivity contribution in [1.29, 1.82) is 0 Å². The summed E-state index contributed by atoms with van der Waals surface area (Å²) in [7, 11) is 0. The number of rotatable bonds is 7. The highest BCUT2D eigenvalue weighted by Crippen LogP contribution is 2.18. The summed E-state index contributed by atoms with van der Waals surface area (Å²) in [5.74, 6) is 1.10. The summed E-state index contributed by atoms with van der Waals surface area (Å²) in [6.45, 7) is 14.1. The van der Waals surface area contributed by atoms with E-state index in [2.05, 4.69) is 24.1 Å². The van der Waals surface area contributed by atoms with Gasteiger partial charge in [-0.15, -0.1) is 0 Å². The minimum atomic E-state index is 0.0517. The van der Waals surface area contributed by atoms with Crippen molar-refractivity contribution in [2.24, 2.45) is 11.8 Å². The maximum atomic E-state index is 12.5. The number of morpholine rings is 1. The van der Waals surface area contributed by atoms with Crippen LogP contribution in [-0.4, -0.2) is 81.0 Å². The van der Waals surface area contributed by atoms with Crippen LogP contribution in [-0.2, 0) is 9.47 Å². The molecule has 6 nitrogen and oxygen atoms in total. The fourth-order valence-electron chi connectivity index (χ4n) is 3.37. The zero-order valence-electron chi connectivity index (χ0n) is 15.6. The molecular formula is C18H35N3O3. The lowest BCUT2D eigenvalue weighted by Gasteiger charge is -2.37. The molecule has 2 atom stereocenters.